The summed E-state index contributed by atoms with van der Waals surface area (Å²) in [6, 6.07) is 16.1. The molecule has 0 aliphatic heterocycles. The highest BCUT2D eigenvalue weighted by molar-refractivity contribution is 7.98. The van der Waals surface area contributed by atoms with E-state index in [2.05, 4.69) is 20.9 Å². The molecule has 168 valence electrons. The number of nitrogens with zero attached hydrogens (tertiary/aromatic N) is 4. The minimum Gasteiger partial charge on any atom is -0.283 e. The van der Waals surface area contributed by atoms with Gasteiger partial charge in [0.1, 0.15) is 5.69 Å². The van der Waals surface area contributed by atoms with Crippen molar-refractivity contribution < 1.29 is 9.59 Å². The molecule has 33 heavy (non-hydrogen) atoms. The number of nitrogens with one attached hydrogen (secondary N) is 2. The largest absolute Gasteiger partial charge is 0.290 e. The minimum atomic E-state index is -0.625. The fraction of sp³-hybridized carbons (Fsp3) is 0.174. The number of benzene rings is 2. The van der Waals surface area contributed by atoms with Crippen LogP contribution in [0.1, 0.15) is 34.3 Å². The van der Waals surface area contributed by atoms with Crippen LogP contribution in [-0.2, 0) is 6.54 Å². The lowest BCUT2D eigenvalue weighted by molar-refractivity contribution is 0.0839. The van der Waals surface area contributed by atoms with Gasteiger partial charge in [0.25, 0.3) is 17.4 Å². The molecule has 0 aliphatic carbocycles. The number of carbonyl (C=O) groups is 2. The summed E-state index contributed by atoms with van der Waals surface area (Å²) in [4.78, 5) is 42.8. The monoisotopic (exact) mass is 462 g/mol. The van der Waals surface area contributed by atoms with E-state index in [1.54, 1.807) is 28.8 Å². The molecule has 0 saturated heterocycles. The lowest BCUT2D eigenvalue weighted by atomic mass is 10.1. The molecule has 0 saturated carbocycles. The molecule has 9 nitrogen and oxygen atoms in total. The number of aryl methyl sites for hydroxylation is 1. The van der Waals surface area contributed by atoms with E-state index in [-0.39, 0.29) is 16.9 Å². The van der Waals surface area contributed by atoms with Gasteiger partial charge < -0.3 is 0 Å². The first-order chi connectivity index (χ1) is 16.0. The van der Waals surface area contributed by atoms with E-state index in [1.807, 2.05) is 43.5 Å². The summed E-state index contributed by atoms with van der Waals surface area (Å²) in [6.07, 6.45) is 4.01. The molecule has 2 aromatic carbocycles. The molecular weight excluding hydrogens is 440 g/mol. The topological polar surface area (TPSA) is 111 Å². The third-order valence-electron chi connectivity index (χ3n) is 4.97. The van der Waals surface area contributed by atoms with Gasteiger partial charge in [0.15, 0.2) is 10.9 Å². The Morgan fingerprint density at radius 2 is 1.64 bits per heavy atom. The lowest BCUT2D eigenvalue weighted by Crippen LogP contribution is -2.43. The Kier molecular flexibility index (Phi) is 6.55. The average molecular weight is 463 g/mol. The third kappa shape index (κ3) is 4.37. The van der Waals surface area contributed by atoms with Crippen LogP contribution in [0.3, 0.4) is 0 Å². The molecule has 10 heteroatoms. The maximum atomic E-state index is 12.9. The second-order valence-electron chi connectivity index (χ2n) is 7.13. The molecule has 0 bridgehead atoms. The molecule has 4 rings (SSSR count). The summed E-state index contributed by atoms with van der Waals surface area (Å²) in [6.45, 7) is 2.30. The summed E-state index contributed by atoms with van der Waals surface area (Å²) in [7, 11) is 0. The molecule has 2 heterocycles. The Hall–Kier alpha value is -3.92. The predicted octanol–water partition coefficient (Wildman–Crippen LogP) is 2.79. The fourth-order valence-electron chi connectivity index (χ4n) is 3.47. The van der Waals surface area contributed by atoms with Gasteiger partial charge in [-0.1, -0.05) is 55.1 Å². The smallest absolute Gasteiger partial charge is 0.283 e. The van der Waals surface area contributed by atoms with Crippen LogP contribution in [0.25, 0.3) is 16.5 Å². The van der Waals surface area contributed by atoms with Crippen LogP contribution in [0, 0.1) is 0 Å². The second-order valence-corrected chi connectivity index (χ2v) is 7.91. The molecule has 0 aliphatic rings. The van der Waals surface area contributed by atoms with Gasteiger partial charge in [0.2, 0.25) is 0 Å². The molecule has 2 N–H and O–H groups in total. The van der Waals surface area contributed by atoms with Crippen molar-refractivity contribution in [3.63, 3.8) is 0 Å². The van der Waals surface area contributed by atoms with E-state index in [0.29, 0.717) is 28.9 Å². The standard InChI is InChI=1S/C23H22N6O3S/c1-3-13-28-22(32)17-12-8-7-11-16(17)19(27-28)21(31)26-25-20(30)18-14-24-23(33-2)29(18)15-9-5-4-6-10-15/h4-12,14H,3,13H2,1-2H3,(H,25,30)(H,26,31). The number of thioether (sulfide) groups is 1. The molecule has 2 amide bonds. The van der Waals surface area contributed by atoms with Gasteiger partial charge in [-0.05, 0) is 30.9 Å². The minimum absolute atomic E-state index is 0.0559. The fourth-order valence-corrected chi connectivity index (χ4v) is 4.01. The number of rotatable bonds is 6. The number of hydrazine groups is 1. The molecule has 0 unspecified atom stereocenters. The van der Waals surface area contributed by atoms with Gasteiger partial charge in [-0.25, -0.2) is 9.67 Å². The summed E-state index contributed by atoms with van der Waals surface area (Å²) in [5.74, 6) is -1.16. The molecule has 0 radical (unpaired) electrons. The Morgan fingerprint density at radius 1 is 0.970 bits per heavy atom. The van der Waals surface area contributed by atoms with Gasteiger partial charge in [0.05, 0.1) is 11.6 Å². The van der Waals surface area contributed by atoms with Gasteiger partial charge in [0, 0.05) is 17.6 Å². The maximum Gasteiger partial charge on any atom is 0.290 e. The van der Waals surface area contributed by atoms with Crippen molar-refractivity contribution in [1.82, 2.24) is 30.2 Å². The Morgan fingerprint density at radius 3 is 2.33 bits per heavy atom. The van der Waals surface area contributed by atoms with Gasteiger partial charge in [-0.2, -0.15) is 5.10 Å². The van der Waals surface area contributed by atoms with Gasteiger partial charge >= 0.3 is 0 Å². The maximum absolute atomic E-state index is 12.9. The first kappa shape index (κ1) is 22.3. The first-order valence-electron chi connectivity index (χ1n) is 10.3. The van der Waals surface area contributed by atoms with Crippen LogP contribution in [0.2, 0.25) is 0 Å². The highest BCUT2D eigenvalue weighted by atomic mass is 32.2. The SMILES string of the molecule is CCCn1nc(C(=O)NNC(=O)c2cnc(SC)n2-c2ccccc2)c2ccccc2c1=O. The normalized spacial score (nSPS) is 10.8. The van der Waals surface area contributed by atoms with Crippen molar-refractivity contribution in [1.29, 1.82) is 0 Å². The number of fused-ring (bicyclic) bond motifs is 1. The Balaban J connectivity index is 1.62. The van der Waals surface area contributed by atoms with Crippen molar-refractivity contribution in [2.45, 2.75) is 25.0 Å². The van der Waals surface area contributed by atoms with Crippen LogP contribution in [0.5, 0.6) is 0 Å². The van der Waals surface area contributed by atoms with Crippen LogP contribution in [0.4, 0.5) is 0 Å². The van der Waals surface area contributed by atoms with E-state index in [0.717, 1.165) is 5.69 Å². The first-order valence-corrected chi connectivity index (χ1v) is 11.5. The number of imidazole rings is 1. The van der Waals surface area contributed by atoms with Crippen LogP contribution >= 0.6 is 11.8 Å². The van der Waals surface area contributed by atoms with Crippen molar-refractivity contribution in [3.05, 3.63) is 82.5 Å². The quantitative estimate of drug-likeness (QED) is 0.337. The predicted molar refractivity (Wildman–Crippen MR) is 127 cm³/mol. The number of amides is 2. The number of hydrogen-bond donors (Lipinski definition) is 2. The number of aromatic nitrogens is 4. The highest BCUT2D eigenvalue weighted by Gasteiger charge is 2.20. The van der Waals surface area contributed by atoms with Gasteiger partial charge in [-0.15, -0.1) is 0 Å². The van der Waals surface area contributed by atoms with E-state index in [1.165, 1.54) is 22.6 Å². The molecule has 0 atom stereocenters. The van der Waals surface area contributed by atoms with E-state index in [9.17, 15) is 14.4 Å². The summed E-state index contributed by atoms with van der Waals surface area (Å²) < 4.78 is 2.98. The average Bonchev–Trinajstić information content (AvgIpc) is 3.29. The van der Waals surface area contributed by atoms with Gasteiger partial charge in [-0.3, -0.25) is 29.8 Å². The second kappa shape index (κ2) is 9.70. The molecule has 0 fully saturated rings. The van der Waals surface area contributed by atoms with Crippen molar-refractivity contribution >= 4 is 34.3 Å². The third-order valence-corrected chi connectivity index (χ3v) is 5.62. The highest BCUT2D eigenvalue weighted by Crippen LogP contribution is 2.21. The summed E-state index contributed by atoms with van der Waals surface area (Å²) in [5.41, 5.74) is 5.69. The summed E-state index contributed by atoms with van der Waals surface area (Å²) in [5, 5.41) is 5.69. The number of hydrogen-bond acceptors (Lipinski definition) is 6. The lowest BCUT2D eigenvalue weighted by Gasteiger charge is -2.13. The number of para-hydroxylation sites is 1. The zero-order valence-electron chi connectivity index (χ0n) is 18.1. The molecular formula is C23H22N6O3S. The van der Waals surface area contributed by atoms with E-state index < -0.39 is 11.8 Å². The van der Waals surface area contributed by atoms with Crippen LogP contribution in [0.15, 0.2) is 70.7 Å². The molecule has 0 spiro atoms. The van der Waals surface area contributed by atoms with Crippen molar-refractivity contribution in [2.24, 2.45) is 0 Å². The molecule has 4 aromatic rings. The zero-order valence-corrected chi connectivity index (χ0v) is 18.9. The Labute approximate surface area is 193 Å². The van der Waals surface area contributed by atoms with E-state index >= 15 is 0 Å². The zero-order chi connectivity index (χ0) is 23.4. The molecule has 2 aromatic heterocycles. The van der Waals surface area contributed by atoms with Crippen LogP contribution in [-0.4, -0.2) is 37.4 Å². The summed E-state index contributed by atoms with van der Waals surface area (Å²) >= 11 is 1.40. The van der Waals surface area contributed by atoms with Crippen LogP contribution < -0.4 is 16.4 Å². The Bertz CT molecular complexity index is 1380. The van der Waals surface area contributed by atoms with Crippen molar-refractivity contribution in [3.8, 4) is 5.69 Å². The van der Waals surface area contributed by atoms with Crippen molar-refractivity contribution in [2.75, 3.05) is 6.26 Å². The van der Waals surface area contributed by atoms with E-state index in [4.69, 9.17) is 0 Å². The number of carbonyl (C=O) groups excluding carboxylic acids is 2.